The van der Waals surface area contributed by atoms with Crippen LogP contribution in [0.1, 0.15) is 30.4 Å². The second-order valence-corrected chi connectivity index (χ2v) is 4.99. The van der Waals surface area contributed by atoms with Gasteiger partial charge in [-0.15, -0.1) is 0 Å². The Morgan fingerprint density at radius 1 is 1.41 bits per heavy atom. The molecule has 0 radical (unpaired) electrons. The van der Waals surface area contributed by atoms with Gasteiger partial charge in [0.05, 0.1) is 0 Å². The van der Waals surface area contributed by atoms with Gasteiger partial charge in [-0.2, -0.15) is 0 Å². The van der Waals surface area contributed by atoms with Crippen molar-refractivity contribution in [1.82, 2.24) is 10.3 Å². The number of hydrogen-bond acceptors (Lipinski definition) is 2. The number of fused-ring (bicyclic) bond motifs is 1. The van der Waals surface area contributed by atoms with Crippen molar-refractivity contribution >= 4 is 11.6 Å². The fourth-order valence-electron chi connectivity index (χ4n) is 2.94. The molecule has 1 aliphatic heterocycles. The van der Waals surface area contributed by atoms with Crippen LogP contribution in [0.2, 0.25) is 0 Å². The number of aromatic nitrogens is 1. The zero-order valence-corrected chi connectivity index (χ0v) is 10.0. The van der Waals surface area contributed by atoms with Crippen LogP contribution in [0.4, 0.5) is 0 Å². The summed E-state index contributed by atoms with van der Waals surface area (Å²) in [7, 11) is 0. The fraction of sp³-hybridized carbons (Fsp3) is 0.400. The maximum atomic E-state index is 4.28. The van der Waals surface area contributed by atoms with Gasteiger partial charge in [0.25, 0.3) is 0 Å². The van der Waals surface area contributed by atoms with Gasteiger partial charge in [-0.1, -0.05) is 18.7 Å². The van der Waals surface area contributed by atoms with Crippen molar-refractivity contribution < 1.29 is 0 Å². The molecule has 88 valence electrons. The van der Waals surface area contributed by atoms with Gasteiger partial charge in [0.15, 0.2) is 0 Å². The average Bonchev–Trinajstić information content (AvgIpc) is 2.86. The van der Waals surface area contributed by atoms with Crippen LogP contribution >= 0.6 is 0 Å². The molecule has 1 aromatic rings. The second-order valence-electron chi connectivity index (χ2n) is 4.99. The van der Waals surface area contributed by atoms with Crippen LogP contribution in [0.3, 0.4) is 0 Å². The summed E-state index contributed by atoms with van der Waals surface area (Å²) < 4.78 is 0. The van der Waals surface area contributed by atoms with Gasteiger partial charge >= 0.3 is 0 Å². The van der Waals surface area contributed by atoms with E-state index in [0.717, 1.165) is 17.9 Å². The minimum Gasteiger partial charge on any atom is -0.313 e. The van der Waals surface area contributed by atoms with Gasteiger partial charge in [-0.3, -0.25) is 4.98 Å². The topological polar surface area (TPSA) is 24.9 Å². The quantitative estimate of drug-likeness (QED) is 0.838. The molecule has 1 N–H and O–H groups in total. The maximum absolute atomic E-state index is 4.28. The highest BCUT2D eigenvalue weighted by molar-refractivity contribution is 5.68. The first-order chi connectivity index (χ1) is 8.36. The monoisotopic (exact) mass is 226 g/mol. The van der Waals surface area contributed by atoms with E-state index in [1.807, 2.05) is 18.5 Å². The Kier molecular flexibility index (Phi) is 2.81. The van der Waals surface area contributed by atoms with Gasteiger partial charge < -0.3 is 5.32 Å². The molecule has 0 aromatic carbocycles. The molecule has 0 saturated carbocycles. The molecule has 1 saturated heterocycles. The lowest BCUT2D eigenvalue weighted by molar-refractivity contribution is 0.445. The molecular weight excluding hydrogens is 208 g/mol. The van der Waals surface area contributed by atoms with Crippen LogP contribution in [0.15, 0.2) is 31.1 Å². The van der Waals surface area contributed by atoms with Crippen molar-refractivity contribution in [3.63, 3.8) is 0 Å². The Morgan fingerprint density at radius 3 is 3.24 bits per heavy atom. The van der Waals surface area contributed by atoms with Gasteiger partial charge in [0.2, 0.25) is 0 Å². The number of rotatable bonds is 2. The molecule has 0 amide bonds. The average molecular weight is 226 g/mol. The summed E-state index contributed by atoms with van der Waals surface area (Å²) in [6.07, 6.45) is 11.8. The molecule has 2 heteroatoms. The molecule has 0 spiro atoms. The molecule has 1 fully saturated rings. The first kappa shape index (κ1) is 10.7. The third-order valence-corrected chi connectivity index (χ3v) is 3.96. The first-order valence-corrected chi connectivity index (χ1v) is 6.37. The van der Waals surface area contributed by atoms with E-state index >= 15 is 0 Å². The van der Waals surface area contributed by atoms with Crippen LogP contribution < -0.4 is 5.32 Å². The van der Waals surface area contributed by atoms with Crippen molar-refractivity contribution in [3.8, 4) is 0 Å². The fourth-order valence-corrected chi connectivity index (χ4v) is 2.94. The summed E-state index contributed by atoms with van der Waals surface area (Å²) in [6, 6.07) is 2.86. The smallest absolute Gasteiger partial charge is 0.0343 e. The molecule has 2 aliphatic rings. The lowest BCUT2D eigenvalue weighted by Crippen LogP contribution is -2.29. The zero-order valence-electron chi connectivity index (χ0n) is 10.0. The Morgan fingerprint density at radius 2 is 2.35 bits per heavy atom. The van der Waals surface area contributed by atoms with E-state index in [4.69, 9.17) is 0 Å². The highest BCUT2D eigenvalue weighted by Gasteiger charge is 2.29. The lowest BCUT2D eigenvalue weighted by atomic mass is 9.83. The van der Waals surface area contributed by atoms with Gasteiger partial charge in [0, 0.05) is 18.4 Å². The van der Waals surface area contributed by atoms with Crippen molar-refractivity contribution in [2.75, 3.05) is 6.54 Å². The molecule has 2 heterocycles. The Balaban J connectivity index is 1.86. The van der Waals surface area contributed by atoms with E-state index in [9.17, 15) is 0 Å². The molecule has 0 bridgehead atoms. The third kappa shape index (κ3) is 2.05. The largest absolute Gasteiger partial charge is 0.313 e. The maximum Gasteiger partial charge on any atom is 0.0343 e. The van der Waals surface area contributed by atoms with E-state index in [1.165, 1.54) is 30.5 Å². The summed E-state index contributed by atoms with van der Waals surface area (Å²) in [5, 5.41) is 3.61. The number of allylic oxidation sites excluding steroid dienone is 1. The van der Waals surface area contributed by atoms with E-state index in [2.05, 4.69) is 29.0 Å². The summed E-state index contributed by atoms with van der Waals surface area (Å²) in [4.78, 5) is 4.28. The van der Waals surface area contributed by atoms with E-state index in [-0.39, 0.29) is 0 Å². The van der Waals surface area contributed by atoms with Crippen molar-refractivity contribution in [3.05, 3.63) is 42.2 Å². The molecule has 17 heavy (non-hydrogen) atoms. The highest BCUT2D eigenvalue weighted by atomic mass is 15.0. The molecule has 1 aromatic heterocycles. The Bertz CT molecular complexity index is 462. The van der Waals surface area contributed by atoms with Crippen LogP contribution in [-0.4, -0.2) is 17.6 Å². The molecular formula is C15H18N2. The number of nitrogens with zero attached hydrogens (tertiary/aromatic N) is 1. The molecule has 0 unspecified atom stereocenters. The molecule has 2 nitrogen and oxygen atoms in total. The molecule has 3 rings (SSSR count). The molecule has 2 atom stereocenters. The van der Waals surface area contributed by atoms with Gasteiger partial charge in [-0.05, 0) is 54.5 Å². The predicted molar refractivity (Wildman–Crippen MR) is 71.4 cm³/mol. The SMILES string of the molecule is C=Cc1cncc(C2=CC[C@@H]3CCN[C@@H]3C2)c1. The summed E-state index contributed by atoms with van der Waals surface area (Å²) in [6.45, 7) is 4.98. The standard InChI is InChI=1S/C15H18N2/c1-2-11-7-14(10-16-9-11)13-4-3-12-5-6-17-15(12)8-13/h2,4,7,9-10,12,15,17H,1,3,5-6,8H2/t12-,15-/m1/s1. The van der Waals surface area contributed by atoms with Gasteiger partial charge in [-0.25, -0.2) is 0 Å². The van der Waals surface area contributed by atoms with Crippen LogP contribution in [-0.2, 0) is 0 Å². The summed E-state index contributed by atoms with van der Waals surface area (Å²) >= 11 is 0. The second kappa shape index (κ2) is 4.46. The van der Waals surface area contributed by atoms with Crippen molar-refractivity contribution in [1.29, 1.82) is 0 Å². The highest BCUT2D eigenvalue weighted by Crippen LogP contribution is 2.34. The normalized spacial score (nSPS) is 27.4. The minimum absolute atomic E-state index is 0.683. The Hall–Kier alpha value is -1.41. The van der Waals surface area contributed by atoms with E-state index < -0.39 is 0 Å². The predicted octanol–water partition coefficient (Wildman–Crippen LogP) is 2.88. The van der Waals surface area contributed by atoms with Crippen LogP contribution in [0.25, 0.3) is 11.6 Å². The van der Waals surface area contributed by atoms with E-state index in [0.29, 0.717) is 6.04 Å². The number of nitrogens with one attached hydrogen (secondary N) is 1. The Labute approximate surface area is 102 Å². The summed E-state index contributed by atoms with van der Waals surface area (Å²) in [5.41, 5.74) is 3.80. The number of pyridine rings is 1. The van der Waals surface area contributed by atoms with Gasteiger partial charge in [0.1, 0.15) is 0 Å². The van der Waals surface area contributed by atoms with Crippen LogP contribution in [0.5, 0.6) is 0 Å². The summed E-state index contributed by atoms with van der Waals surface area (Å²) in [5.74, 6) is 0.856. The first-order valence-electron chi connectivity index (χ1n) is 6.37. The minimum atomic E-state index is 0.683. The zero-order chi connectivity index (χ0) is 11.7. The third-order valence-electron chi connectivity index (χ3n) is 3.96. The molecule has 1 aliphatic carbocycles. The lowest BCUT2D eigenvalue weighted by Gasteiger charge is -2.25. The van der Waals surface area contributed by atoms with E-state index in [1.54, 1.807) is 0 Å². The van der Waals surface area contributed by atoms with Crippen LogP contribution in [0, 0.1) is 5.92 Å². The van der Waals surface area contributed by atoms with Crippen molar-refractivity contribution in [2.24, 2.45) is 5.92 Å². The number of hydrogen-bond donors (Lipinski definition) is 1. The van der Waals surface area contributed by atoms with Crippen molar-refractivity contribution in [2.45, 2.75) is 25.3 Å².